The topological polar surface area (TPSA) is 86.8 Å². The highest BCUT2D eigenvalue weighted by Crippen LogP contribution is 2.31. The van der Waals surface area contributed by atoms with Crippen LogP contribution in [0.5, 0.6) is 11.5 Å². The number of aromatic nitrogens is 1. The van der Waals surface area contributed by atoms with Crippen molar-refractivity contribution in [3.05, 3.63) is 35.5 Å². The highest BCUT2D eigenvalue weighted by molar-refractivity contribution is 7.14. The van der Waals surface area contributed by atoms with Gasteiger partial charge in [-0.2, -0.15) is 0 Å². The molecule has 7 nitrogen and oxygen atoms in total. The molecule has 0 saturated carbocycles. The molecule has 1 aromatic carbocycles. The SMILES string of the molecule is CCCCC(C)C.CCOC(=O)c1ncsc1NC(=O)C1COc2ccccc2O1. The first kappa shape index (κ1) is 23.7. The van der Waals surface area contributed by atoms with Crippen LogP contribution in [-0.4, -0.2) is 36.2 Å². The summed E-state index contributed by atoms with van der Waals surface area (Å²) in [6.45, 7) is 8.82. The number of carbonyl (C=O) groups excluding carboxylic acids is 2. The number of nitrogens with zero attached hydrogens (tertiary/aromatic N) is 1. The minimum absolute atomic E-state index is 0.0855. The van der Waals surface area contributed by atoms with E-state index in [4.69, 9.17) is 14.2 Å². The van der Waals surface area contributed by atoms with Crippen LogP contribution < -0.4 is 14.8 Å². The summed E-state index contributed by atoms with van der Waals surface area (Å²) in [5.41, 5.74) is 1.55. The zero-order valence-electron chi connectivity index (χ0n) is 18.0. The molecule has 1 amide bonds. The molecule has 1 aromatic heterocycles. The number of unbranched alkanes of at least 4 members (excludes halogenated alkanes) is 1. The van der Waals surface area contributed by atoms with Crippen molar-refractivity contribution in [3.8, 4) is 11.5 Å². The molecular formula is C22H30N2O5S. The van der Waals surface area contributed by atoms with Crippen LogP contribution in [0.4, 0.5) is 5.00 Å². The number of ether oxygens (including phenoxy) is 3. The summed E-state index contributed by atoms with van der Waals surface area (Å²) in [5, 5.41) is 2.97. The Morgan fingerprint density at radius 2 is 2.00 bits per heavy atom. The van der Waals surface area contributed by atoms with Crippen molar-refractivity contribution in [2.24, 2.45) is 5.92 Å². The molecule has 0 aliphatic carbocycles. The summed E-state index contributed by atoms with van der Waals surface area (Å²) in [6.07, 6.45) is 3.34. The molecule has 164 valence electrons. The van der Waals surface area contributed by atoms with E-state index < -0.39 is 18.0 Å². The lowest BCUT2D eigenvalue weighted by Crippen LogP contribution is -2.40. The van der Waals surface area contributed by atoms with E-state index in [2.05, 4.69) is 31.1 Å². The minimum atomic E-state index is -0.804. The van der Waals surface area contributed by atoms with Crippen molar-refractivity contribution in [3.63, 3.8) is 0 Å². The summed E-state index contributed by atoms with van der Waals surface area (Å²) < 4.78 is 16.0. The monoisotopic (exact) mass is 434 g/mol. The molecule has 30 heavy (non-hydrogen) atoms. The van der Waals surface area contributed by atoms with Gasteiger partial charge < -0.3 is 19.5 Å². The number of esters is 1. The fourth-order valence-corrected chi connectivity index (χ4v) is 3.30. The van der Waals surface area contributed by atoms with Crippen molar-refractivity contribution in [2.45, 2.75) is 53.1 Å². The molecule has 3 rings (SSSR count). The zero-order chi connectivity index (χ0) is 21.9. The molecule has 1 aliphatic heterocycles. The summed E-state index contributed by atoms with van der Waals surface area (Å²) in [4.78, 5) is 28.0. The van der Waals surface area contributed by atoms with Gasteiger partial charge in [-0.25, -0.2) is 9.78 Å². The molecule has 0 bridgehead atoms. The number of fused-ring (bicyclic) bond motifs is 1. The molecule has 1 aliphatic rings. The quantitative estimate of drug-likeness (QED) is 0.622. The highest BCUT2D eigenvalue weighted by atomic mass is 32.1. The fourth-order valence-electron chi connectivity index (χ4n) is 2.63. The van der Waals surface area contributed by atoms with Gasteiger partial charge >= 0.3 is 5.97 Å². The van der Waals surface area contributed by atoms with E-state index in [0.717, 1.165) is 17.3 Å². The molecule has 0 fully saturated rings. The molecule has 1 unspecified atom stereocenters. The average molecular weight is 435 g/mol. The predicted octanol–water partition coefficient (Wildman–Crippen LogP) is 4.93. The van der Waals surface area contributed by atoms with Gasteiger partial charge in [0.15, 0.2) is 17.2 Å². The number of hydrogen-bond donors (Lipinski definition) is 1. The largest absolute Gasteiger partial charge is 0.485 e. The molecule has 0 saturated heterocycles. The number of para-hydroxylation sites is 2. The van der Waals surface area contributed by atoms with E-state index in [1.807, 2.05) is 6.07 Å². The second-order valence-electron chi connectivity index (χ2n) is 7.14. The van der Waals surface area contributed by atoms with Crippen LogP contribution in [-0.2, 0) is 9.53 Å². The molecule has 0 radical (unpaired) electrons. The van der Waals surface area contributed by atoms with Gasteiger partial charge in [-0.05, 0) is 25.0 Å². The second kappa shape index (κ2) is 12.2. The van der Waals surface area contributed by atoms with Crippen LogP contribution in [0, 0.1) is 5.92 Å². The first-order chi connectivity index (χ1) is 14.5. The van der Waals surface area contributed by atoms with Crippen LogP contribution >= 0.6 is 11.3 Å². The first-order valence-corrected chi connectivity index (χ1v) is 11.1. The molecule has 1 N–H and O–H groups in total. The summed E-state index contributed by atoms with van der Waals surface area (Å²) >= 11 is 1.14. The lowest BCUT2D eigenvalue weighted by molar-refractivity contribution is -0.125. The molecule has 1 atom stereocenters. The zero-order valence-corrected chi connectivity index (χ0v) is 18.8. The summed E-state index contributed by atoms with van der Waals surface area (Å²) in [6, 6.07) is 7.12. The van der Waals surface area contributed by atoms with E-state index in [-0.39, 0.29) is 18.9 Å². The van der Waals surface area contributed by atoms with Crippen LogP contribution in [0.2, 0.25) is 0 Å². The second-order valence-corrected chi connectivity index (χ2v) is 7.99. The van der Waals surface area contributed by atoms with Gasteiger partial charge in [0.25, 0.3) is 5.91 Å². The Hall–Kier alpha value is -2.61. The van der Waals surface area contributed by atoms with Gasteiger partial charge in [-0.1, -0.05) is 52.2 Å². The lowest BCUT2D eigenvalue weighted by atomic mass is 10.1. The summed E-state index contributed by atoms with van der Waals surface area (Å²) in [7, 11) is 0. The van der Waals surface area contributed by atoms with Crippen LogP contribution in [0.3, 0.4) is 0 Å². The van der Waals surface area contributed by atoms with Gasteiger partial charge in [0.1, 0.15) is 11.6 Å². The molecule has 8 heteroatoms. The third-order valence-electron chi connectivity index (χ3n) is 4.21. The molecule has 2 heterocycles. The van der Waals surface area contributed by atoms with Crippen LogP contribution in [0.1, 0.15) is 57.4 Å². The van der Waals surface area contributed by atoms with E-state index in [1.165, 1.54) is 24.8 Å². The van der Waals surface area contributed by atoms with E-state index in [1.54, 1.807) is 25.1 Å². The minimum Gasteiger partial charge on any atom is -0.485 e. The number of hydrogen-bond acceptors (Lipinski definition) is 7. The van der Waals surface area contributed by atoms with Gasteiger partial charge in [-0.3, -0.25) is 4.79 Å². The van der Waals surface area contributed by atoms with E-state index >= 15 is 0 Å². The van der Waals surface area contributed by atoms with E-state index in [9.17, 15) is 9.59 Å². The third kappa shape index (κ3) is 7.02. The highest BCUT2D eigenvalue weighted by Gasteiger charge is 2.29. The van der Waals surface area contributed by atoms with Crippen LogP contribution in [0.25, 0.3) is 0 Å². The third-order valence-corrected chi connectivity index (χ3v) is 4.95. The van der Waals surface area contributed by atoms with Gasteiger partial charge in [0.2, 0.25) is 6.10 Å². The molecule has 0 spiro atoms. The maximum atomic E-state index is 12.3. The Bertz CT molecular complexity index is 821. The average Bonchev–Trinajstić information content (AvgIpc) is 3.20. The predicted molar refractivity (Wildman–Crippen MR) is 117 cm³/mol. The Balaban J connectivity index is 0.000000396. The van der Waals surface area contributed by atoms with Gasteiger partial charge in [-0.15, -0.1) is 11.3 Å². The fraction of sp³-hybridized carbons (Fsp3) is 0.500. The Kier molecular flexibility index (Phi) is 9.60. The number of rotatable bonds is 7. The molecular weight excluding hydrogens is 404 g/mol. The smallest absolute Gasteiger partial charge is 0.360 e. The lowest BCUT2D eigenvalue weighted by Gasteiger charge is -2.25. The maximum absolute atomic E-state index is 12.3. The van der Waals surface area contributed by atoms with Crippen molar-refractivity contribution in [2.75, 3.05) is 18.5 Å². The Morgan fingerprint density at radius 3 is 2.63 bits per heavy atom. The van der Waals surface area contributed by atoms with Crippen molar-refractivity contribution in [1.29, 1.82) is 0 Å². The number of benzene rings is 1. The Labute approximate surface area is 181 Å². The number of nitrogens with one attached hydrogen (secondary N) is 1. The number of thiazole rings is 1. The van der Waals surface area contributed by atoms with Crippen LogP contribution in [0.15, 0.2) is 29.8 Å². The van der Waals surface area contributed by atoms with Gasteiger partial charge in [0.05, 0.1) is 12.1 Å². The number of amides is 1. The number of anilines is 1. The normalized spacial score (nSPS) is 14.5. The van der Waals surface area contributed by atoms with Crippen molar-refractivity contribution >= 4 is 28.2 Å². The molecule has 2 aromatic rings. The van der Waals surface area contributed by atoms with E-state index in [0.29, 0.717) is 16.5 Å². The number of carbonyl (C=O) groups is 2. The van der Waals surface area contributed by atoms with Crippen molar-refractivity contribution < 1.29 is 23.8 Å². The first-order valence-electron chi connectivity index (χ1n) is 10.3. The maximum Gasteiger partial charge on any atom is 0.360 e. The summed E-state index contributed by atoms with van der Waals surface area (Å²) in [5.74, 6) is 1.03. The Morgan fingerprint density at radius 1 is 1.27 bits per heavy atom. The van der Waals surface area contributed by atoms with Gasteiger partial charge in [0, 0.05) is 0 Å². The standard InChI is InChI=1S/C15H14N2O5S.C7H16/c1-2-20-15(19)12-14(23-8-16-12)17-13(18)11-7-21-9-5-3-4-6-10(9)22-11;1-4-5-6-7(2)3/h3-6,8,11H,2,7H2,1H3,(H,17,18);7H,4-6H2,1-3H3. The van der Waals surface area contributed by atoms with Crippen molar-refractivity contribution in [1.82, 2.24) is 4.98 Å².